The van der Waals surface area contributed by atoms with Crippen molar-refractivity contribution in [2.75, 3.05) is 6.54 Å². The van der Waals surface area contributed by atoms with Gasteiger partial charge in [-0.05, 0) is 19.1 Å². The molecule has 154 valence electrons. The van der Waals surface area contributed by atoms with E-state index in [2.05, 4.69) is 20.6 Å². The number of nitrogens with one attached hydrogen (secondary N) is 1. The largest absolute Gasteiger partial charge is 0.383 e. The quantitative estimate of drug-likeness (QED) is 0.606. The standard InChI is InChI=1S/C19H21ClFN5O3/c1-10(17-23-19(29-25-17)16-11(2)9-26(3)24-16)8-22-18(28)15(27)7-12-13(20)5-4-6-14(12)21/h4-6,9-10,15,27H,7-8H2,1-3H3,(H,22,28). The third-order valence-corrected chi connectivity index (χ3v) is 4.80. The molecule has 1 amide bonds. The Morgan fingerprint density at radius 1 is 1.45 bits per heavy atom. The summed E-state index contributed by atoms with van der Waals surface area (Å²) in [6.07, 6.45) is 0.178. The first-order chi connectivity index (χ1) is 13.8. The van der Waals surface area contributed by atoms with Crippen LogP contribution in [0.3, 0.4) is 0 Å². The summed E-state index contributed by atoms with van der Waals surface area (Å²) in [6.45, 7) is 3.86. The summed E-state index contributed by atoms with van der Waals surface area (Å²) in [6, 6.07) is 4.19. The van der Waals surface area contributed by atoms with Crippen molar-refractivity contribution >= 4 is 17.5 Å². The lowest BCUT2D eigenvalue weighted by atomic mass is 10.1. The van der Waals surface area contributed by atoms with Gasteiger partial charge in [0.15, 0.2) is 11.5 Å². The average molecular weight is 422 g/mol. The molecule has 0 saturated heterocycles. The van der Waals surface area contributed by atoms with Gasteiger partial charge in [0, 0.05) is 48.3 Å². The molecule has 10 heteroatoms. The van der Waals surface area contributed by atoms with Crippen LogP contribution in [-0.2, 0) is 18.3 Å². The Morgan fingerprint density at radius 3 is 2.86 bits per heavy atom. The number of aromatic nitrogens is 4. The van der Waals surface area contributed by atoms with Crippen LogP contribution in [0.25, 0.3) is 11.6 Å². The molecule has 0 aliphatic heterocycles. The number of hydrogen-bond acceptors (Lipinski definition) is 6. The molecule has 0 saturated carbocycles. The second-order valence-electron chi connectivity index (χ2n) is 6.86. The van der Waals surface area contributed by atoms with Crippen molar-refractivity contribution in [1.29, 1.82) is 0 Å². The van der Waals surface area contributed by atoms with Crippen molar-refractivity contribution in [3.8, 4) is 11.6 Å². The lowest BCUT2D eigenvalue weighted by molar-refractivity contribution is -0.129. The topological polar surface area (TPSA) is 106 Å². The third-order valence-electron chi connectivity index (χ3n) is 4.44. The molecule has 0 aliphatic carbocycles. The predicted molar refractivity (Wildman–Crippen MR) is 104 cm³/mol. The molecule has 0 radical (unpaired) electrons. The Kier molecular flexibility index (Phi) is 6.29. The fraction of sp³-hybridized carbons (Fsp3) is 0.368. The van der Waals surface area contributed by atoms with Gasteiger partial charge >= 0.3 is 0 Å². The molecule has 2 N–H and O–H groups in total. The molecule has 29 heavy (non-hydrogen) atoms. The third kappa shape index (κ3) is 4.80. The second kappa shape index (κ2) is 8.71. The maximum atomic E-state index is 13.8. The van der Waals surface area contributed by atoms with Gasteiger partial charge in [-0.15, -0.1) is 0 Å². The number of carbonyl (C=O) groups is 1. The average Bonchev–Trinajstić information content (AvgIpc) is 3.28. The number of benzene rings is 1. The first-order valence-electron chi connectivity index (χ1n) is 8.99. The van der Waals surface area contributed by atoms with Crippen LogP contribution in [0.2, 0.25) is 5.02 Å². The van der Waals surface area contributed by atoms with Crippen molar-refractivity contribution in [2.24, 2.45) is 7.05 Å². The van der Waals surface area contributed by atoms with E-state index in [4.69, 9.17) is 16.1 Å². The highest BCUT2D eigenvalue weighted by atomic mass is 35.5. The lowest BCUT2D eigenvalue weighted by Gasteiger charge is -2.14. The number of aliphatic hydroxyl groups excluding tert-OH is 1. The fourth-order valence-electron chi connectivity index (χ4n) is 2.83. The predicted octanol–water partition coefficient (Wildman–Crippen LogP) is 2.39. The van der Waals surface area contributed by atoms with E-state index < -0.39 is 17.8 Å². The Morgan fingerprint density at radius 2 is 2.21 bits per heavy atom. The van der Waals surface area contributed by atoms with Crippen LogP contribution in [0.15, 0.2) is 28.9 Å². The number of hydrogen-bond donors (Lipinski definition) is 2. The van der Waals surface area contributed by atoms with Gasteiger partial charge in [0.1, 0.15) is 11.9 Å². The normalized spacial score (nSPS) is 13.3. The molecular formula is C19H21ClFN5O3. The Balaban J connectivity index is 1.58. The maximum Gasteiger partial charge on any atom is 0.278 e. The summed E-state index contributed by atoms with van der Waals surface area (Å²) in [5, 5.41) is 21.1. The van der Waals surface area contributed by atoms with Gasteiger partial charge in [-0.3, -0.25) is 9.48 Å². The van der Waals surface area contributed by atoms with E-state index in [9.17, 15) is 14.3 Å². The Bertz CT molecular complexity index is 999. The van der Waals surface area contributed by atoms with Crippen LogP contribution < -0.4 is 5.32 Å². The van der Waals surface area contributed by atoms with Gasteiger partial charge < -0.3 is 14.9 Å². The molecule has 2 atom stereocenters. The Hall–Kier alpha value is -2.78. The molecule has 8 nitrogen and oxygen atoms in total. The number of amides is 1. The van der Waals surface area contributed by atoms with Gasteiger partial charge in [0.25, 0.3) is 5.89 Å². The molecule has 3 aromatic rings. The number of aryl methyl sites for hydroxylation is 2. The van der Waals surface area contributed by atoms with E-state index in [0.29, 0.717) is 17.4 Å². The maximum absolute atomic E-state index is 13.8. The number of halogens is 2. The molecule has 0 bridgehead atoms. The summed E-state index contributed by atoms with van der Waals surface area (Å²) in [5.74, 6) is -0.783. The van der Waals surface area contributed by atoms with Crippen molar-refractivity contribution in [3.63, 3.8) is 0 Å². The monoisotopic (exact) mass is 421 g/mol. The zero-order valence-corrected chi connectivity index (χ0v) is 16.9. The number of nitrogens with zero attached hydrogens (tertiary/aromatic N) is 4. The summed E-state index contributed by atoms with van der Waals surface area (Å²) in [4.78, 5) is 16.5. The lowest BCUT2D eigenvalue weighted by Crippen LogP contribution is -2.38. The molecule has 2 unspecified atom stereocenters. The number of carbonyl (C=O) groups excluding carboxylic acids is 1. The minimum absolute atomic E-state index is 0.0957. The minimum Gasteiger partial charge on any atom is -0.383 e. The first-order valence-corrected chi connectivity index (χ1v) is 9.37. The highest BCUT2D eigenvalue weighted by Crippen LogP contribution is 2.22. The van der Waals surface area contributed by atoms with Crippen molar-refractivity contribution in [1.82, 2.24) is 25.2 Å². The van der Waals surface area contributed by atoms with Crippen LogP contribution in [0.1, 0.15) is 29.8 Å². The summed E-state index contributed by atoms with van der Waals surface area (Å²) in [7, 11) is 1.80. The smallest absolute Gasteiger partial charge is 0.278 e. The summed E-state index contributed by atoms with van der Waals surface area (Å²) in [5.41, 5.74) is 1.59. The van der Waals surface area contributed by atoms with Gasteiger partial charge in [0.2, 0.25) is 5.91 Å². The zero-order chi connectivity index (χ0) is 21.1. The van der Waals surface area contributed by atoms with E-state index in [-0.39, 0.29) is 29.5 Å². The molecule has 0 aliphatic rings. The van der Waals surface area contributed by atoms with E-state index in [1.807, 2.05) is 13.1 Å². The van der Waals surface area contributed by atoms with Gasteiger partial charge in [-0.25, -0.2) is 4.39 Å². The zero-order valence-electron chi connectivity index (χ0n) is 16.2. The highest BCUT2D eigenvalue weighted by molar-refractivity contribution is 6.31. The molecule has 1 aromatic carbocycles. The fourth-order valence-corrected chi connectivity index (χ4v) is 3.07. The van der Waals surface area contributed by atoms with Crippen LogP contribution in [0.4, 0.5) is 4.39 Å². The molecule has 3 rings (SSSR count). The summed E-state index contributed by atoms with van der Waals surface area (Å²) < 4.78 is 20.7. The van der Waals surface area contributed by atoms with Crippen LogP contribution in [0, 0.1) is 12.7 Å². The van der Waals surface area contributed by atoms with E-state index in [0.717, 1.165) is 5.56 Å². The minimum atomic E-state index is -1.44. The molecule has 2 aromatic heterocycles. The van der Waals surface area contributed by atoms with Crippen molar-refractivity contribution < 1.29 is 18.8 Å². The molecular weight excluding hydrogens is 401 g/mol. The van der Waals surface area contributed by atoms with E-state index in [1.165, 1.54) is 18.2 Å². The molecule has 0 fully saturated rings. The van der Waals surface area contributed by atoms with Gasteiger partial charge in [0.05, 0.1) is 0 Å². The van der Waals surface area contributed by atoms with Crippen molar-refractivity contribution in [2.45, 2.75) is 32.3 Å². The second-order valence-corrected chi connectivity index (χ2v) is 7.27. The van der Waals surface area contributed by atoms with E-state index in [1.54, 1.807) is 18.7 Å². The Labute approximate surface area is 171 Å². The van der Waals surface area contributed by atoms with Crippen LogP contribution in [-0.4, -0.2) is 43.6 Å². The highest BCUT2D eigenvalue weighted by Gasteiger charge is 2.22. The van der Waals surface area contributed by atoms with Crippen LogP contribution >= 0.6 is 11.6 Å². The van der Waals surface area contributed by atoms with Gasteiger partial charge in [-0.2, -0.15) is 10.1 Å². The van der Waals surface area contributed by atoms with Crippen LogP contribution in [0.5, 0.6) is 0 Å². The van der Waals surface area contributed by atoms with E-state index >= 15 is 0 Å². The first kappa shape index (κ1) is 20.9. The van der Waals surface area contributed by atoms with Crippen molar-refractivity contribution in [3.05, 3.63) is 52.2 Å². The van der Waals surface area contributed by atoms with Gasteiger partial charge in [-0.1, -0.05) is 29.7 Å². The molecule has 2 heterocycles. The SMILES string of the molecule is Cc1cn(C)nc1-c1nc(C(C)CNC(=O)C(O)Cc2c(F)cccc2Cl)no1. The summed E-state index contributed by atoms with van der Waals surface area (Å²) >= 11 is 5.93. The number of rotatable bonds is 7. The molecule has 0 spiro atoms. The number of aliphatic hydroxyl groups is 1.